The first kappa shape index (κ1) is 16.7. The van der Waals surface area contributed by atoms with Gasteiger partial charge < -0.3 is 9.47 Å². The van der Waals surface area contributed by atoms with Crippen LogP contribution in [0.4, 0.5) is 0 Å². The van der Waals surface area contributed by atoms with Crippen LogP contribution in [0.5, 0.6) is 5.75 Å². The highest BCUT2D eigenvalue weighted by atomic mass is 16.6. The number of carbonyl (C=O) groups excluding carboxylic acids is 2. The minimum atomic E-state index is -0.458. The molecule has 0 saturated carbocycles. The quantitative estimate of drug-likeness (QED) is 0.600. The number of rotatable bonds is 6. The van der Waals surface area contributed by atoms with Crippen molar-refractivity contribution in [2.24, 2.45) is 5.10 Å². The Kier molecular flexibility index (Phi) is 5.09. The number of carbonyl (C=O) groups is 2. The van der Waals surface area contributed by atoms with Gasteiger partial charge in [0.1, 0.15) is 5.75 Å². The fourth-order valence-electron chi connectivity index (χ4n) is 2.76. The normalized spacial score (nSPS) is 16.3. The Morgan fingerprint density at radius 2 is 1.92 bits per heavy atom. The standard InChI is InChI=1S/C19H18N2O4/c1-24-19(23)12-25-18-10-6-5-9-15(18)16-11-17(21(13-22)20-16)14-7-3-2-4-8-14/h2-10,13,17H,11-12H2,1H3. The lowest BCUT2D eigenvalue weighted by Gasteiger charge is -2.17. The summed E-state index contributed by atoms with van der Waals surface area (Å²) in [5.41, 5.74) is 2.51. The third-order valence-electron chi connectivity index (χ3n) is 4.01. The Morgan fingerprint density at radius 1 is 1.20 bits per heavy atom. The predicted octanol–water partition coefficient (Wildman–Crippen LogP) is 2.55. The first-order valence-corrected chi connectivity index (χ1v) is 7.88. The van der Waals surface area contributed by atoms with E-state index in [0.717, 1.165) is 23.2 Å². The zero-order valence-electron chi connectivity index (χ0n) is 13.8. The summed E-state index contributed by atoms with van der Waals surface area (Å²) in [6.07, 6.45) is 1.30. The van der Waals surface area contributed by atoms with Crippen molar-refractivity contribution in [1.82, 2.24) is 5.01 Å². The van der Waals surface area contributed by atoms with Crippen LogP contribution in [-0.4, -0.2) is 36.8 Å². The van der Waals surface area contributed by atoms with Crippen molar-refractivity contribution >= 4 is 18.1 Å². The lowest BCUT2D eigenvalue weighted by Crippen LogP contribution is -2.17. The highest BCUT2D eigenvalue weighted by Gasteiger charge is 2.29. The number of methoxy groups -OCH3 is 1. The summed E-state index contributed by atoms with van der Waals surface area (Å²) in [6.45, 7) is -0.180. The number of hydrogen-bond donors (Lipinski definition) is 0. The van der Waals surface area contributed by atoms with Crippen molar-refractivity contribution in [2.75, 3.05) is 13.7 Å². The lowest BCUT2D eigenvalue weighted by molar-refractivity contribution is -0.142. The summed E-state index contributed by atoms with van der Waals surface area (Å²) in [5, 5.41) is 5.85. The summed E-state index contributed by atoms with van der Waals surface area (Å²) in [7, 11) is 1.31. The van der Waals surface area contributed by atoms with E-state index in [1.807, 2.05) is 48.5 Å². The Balaban J connectivity index is 1.85. The maximum absolute atomic E-state index is 11.4. The molecule has 3 rings (SSSR count). The smallest absolute Gasteiger partial charge is 0.343 e. The van der Waals surface area contributed by atoms with Gasteiger partial charge in [-0.2, -0.15) is 5.10 Å². The van der Waals surface area contributed by atoms with Gasteiger partial charge in [0.25, 0.3) is 0 Å². The molecule has 1 aliphatic rings. The van der Waals surface area contributed by atoms with Crippen LogP contribution in [0.1, 0.15) is 23.6 Å². The van der Waals surface area contributed by atoms with Crippen LogP contribution in [0.25, 0.3) is 0 Å². The second kappa shape index (κ2) is 7.61. The van der Waals surface area contributed by atoms with E-state index >= 15 is 0 Å². The molecule has 25 heavy (non-hydrogen) atoms. The van der Waals surface area contributed by atoms with Crippen molar-refractivity contribution in [1.29, 1.82) is 0 Å². The fourth-order valence-corrected chi connectivity index (χ4v) is 2.76. The molecule has 0 fully saturated rings. The molecule has 128 valence electrons. The third-order valence-corrected chi connectivity index (χ3v) is 4.01. The van der Waals surface area contributed by atoms with Crippen LogP contribution >= 0.6 is 0 Å². The molecule has 0 saturated heterocycles. The largest absolute Gasteiger partial charge is 0.481 e. The summed E-state index contributed by atoms with van der Waals surface area (Å²) in [4.78, 5) is 22.8. The Bertz CT molecular complexity index is 789. The van der Waals surface area contributed by atoms with Gasteiger partial charge in [-0.05, 0) is 17.7 Å². The summed E-state index contributed by atoms with van der Waals surface area (Å²) in [6, 6.07) is 16.9. The molecule has 1 heterocycles. The minimum absolute atomic E-state index is 0.151. The van der Waals surface area contributed by atoms with E-state index in [9.17, 15) is 9.59 Å². The highest BCUT2D eigenvalue weighted by molar-refractivity contribution is 6.04. The van der Waals surface area contributed by atoms with Crippen LogP contribution in [0.2, 0.25) is 0 Å². The van der Waals surface area contributed by atoms with Crippen LogP contribution < -0.4 is 4.74 Å². The van der Waals surface area contributed by atoms with Gasteiger partial charge in [0.2, 0.25) is 6.41 Å². The number of ether oxygens (including phenoxy) is 2. The molecule has 2 aromatic rings. The van der Waals surface area contributed by atoms with Gasteiger partial charge in [-0.15, -0.1) is 0 Å². The van der Waals surface area contributed by atoms with Crippen molar-refractivity contribution in [3.8, 4) is 5.75 Å². The monoisotopic (exact) mass is 338 g/mol. The number of amides is 1. The predicted molar refractivity (Wildman–Crippen MR) is 92.2 cm³/mol. The number of para-hydroxylation sites is 1. The second-order valence-electron chi connectivity index (χ2n) is 5.52. The lowest BCUT2D eigenvalue weighted by atomic mass is 9.98. The molecule has 0 bridgehead atoms. The molecule has 6 heteroatoms. The van der Waals surface area contributed by atoms with E-state index in [0.29, 0.717) is 12.2 Å². The van der Waals surface area contributed by atoms with Gasteiger partial charge >= 0.3 is 5.97 Å². The first-order chi connectivity index (χ1) is 12.2. The number of benzene rings is 2. The molecule has 1 unspecified atom stereocenters. The maximum Gasteiger partial charge on any atom is 0.343 e. The second-order valence-corrected chi connectivity index (χ2v) is 5.52. The van der Waals surface area contributed by atoms with E-state index in [4.69, 9.17) is 4.74 Å². The van der Waals surface area contributed by atoms with Gasteiger partial charge in [0.15, 0.2) is 6.61 Å². The van der Waals surface area contributed by atoms with E-state index in [1.165, 1.54) is 12.1 Å². The van der Waals surface area contributed by atoms with Crippen molar-refractivity contribution in [3.63, 3.8) is 0 Å². The van der Waals surface area contributed by atoms with Gasteiger partial charge in [-0.25, -0.2) is 9.80 Å². The summed E-state index contributed by atoms with van der Waals surface area (Å²) in [5.74, 6) is 0.0751. The molecule has 1 amide bonds. The molecule has 0 aromatic heterocycles. The fraction of sp³-hybridized carbons (Fsp3) is 0.211. The van der Waals surface area contributed by atoms with Crippen LogP contribution in [0, 0.1) is 0 Å². The van der Waals surface area contributed by atoms with Crippen LogP contribution in [0.3, 0.4) is 0 Å². The average molecular weight is 338 g/mol. The molecule has 0 aliphatic carbocycles. The van der Waals surface area contributed by atoms with E-state index in [2.05, 4.69) is 9.84 Å². The topological polar surface area (TPSA) is 68.2 Å². The molecule has 2 aromatic carbocycles. The zero-order valence-corrected chi connectivity index (χ0v) is 13.8. The van der Waals surface area contributed by atoms with Crippen LogP contribution in [-0.2, 0) is 14.3 Å². The molecule has 1 atom stereocenters. The maximum atomic E-state index is 11.4. The van der Waals surface area contributed by atoms with Gasteiger partial charge in [-0.1, -0.05) is 42.5 Å². The molecule has 0 N–H and O–H groups in total. The number of hydrazone groups is 1. The van der Waals surface area contributed by atoms with E-state index < -0.39 is 5.97 Å². The average Bonchev–Trinajstić information content (AvgIpc) is 3.11. The summed E-state index contributed by atoms with van der Waals surface area (Å²) >= 11 is 0. The first-order valence-electron chi connectivity index (χ1n) is 7.88. The minimum Gasteiger partial charge on any atom is -0.481 e. The number of hydrogen-bond acceptors (Lipinski definition) is 5. The zero-order chi connectivity index (χ0) is 17.6. The van der Waals surface area contributed by atoms with Gasteiger partial charge in [-0.3, -0.25) is 4.79 Å². The van der Waals surface area contributed by atoms with Crippen molar-refractivity contribution in [3.05, 3.63) is 65.7 Å². The van der Waals surface area contributed by atoms with E-state index in [-0.39, 0.29) is 12.6 Å². The molecule has 0 spiro atoms. The van der Waals surface area contributed by atoms with Crippen molar-refractivity contribution < 1.29 is 19.1 Å². The van der Waals surface area contributed by atoms with Gasteiger partial charge in [0.05, 0.1) is 18.9 Å². The van der Waals surface area contributed by atoms with Crippen LogP contribution in [0.15, 0.2) is 59.7 Å². The molecule has 0 radical (unpaired) electrons. The summed E-state index contributed by atoms with van der Waals surface area (Å²) < 4.78 is 10.1. The molecule has 6 nitrogen and oxygen atoms in total. The molecular weight excluding hydrogens is 320 g/mol. The van der Waals surface area contributed by atoms with Gasteiger partial charge in [0, 0.05) is 12.0 Å². The Morgan fingerprint density at radius 3 is 2.64 bits per heavy atom. The highest BCUT2D eigenvalue weighted by Crippen LogP contribution is 2.33. The Labute approximate surface area is 145 Å². The SMILES string of the molecule is COC(=O)COc1ccccc1C1=NN(C=O)C(c2ccccc2)C1. The number of esters is 1. The molecule has 1 aliphatic heterocycles. The van der Waals surface area contributed by atoms with Crippen molar-refractivity contribution in [2.45, 2.75) is 12.5 Å². The molecular formula is C19H18N2O4. The van der Waals surface area contributed by atoms with E-state index in [1.54, 1.807) is 6.07 Å². The Hall–Kier alpha value is -3.15. The third kappa shape index (κ3) is 3.68. The number of nitrogens with zero attached hydrogens (tertiary/aromatic N) is 2.